The first-order chi connectivity index (χ1) is 9.30. The third-order valence-electron chi connectivity index (χ3n) is 3.69. The zero-order chi connectivity index (χ0) is 15.2. The van der Waals surface area contributed by atoms with Crippen LogP contribution in [-0.2, 0) is 4.74 Å². The Balaban J connectivity index is 2.23. The van der Waals surface area contributed by atoms with E-state index in [1.165, 1.54) is 12.8 Å². The second-order valence-corrected chi connectivity index (χ2v) is 7.05. The molecule has 0 radical (unpaired) electrons. The second-order valence-electron chi connectivity index (χ2n) is 7.05. The molecule has 118 valence electrons. The fourth-order valence-corrected chi connectivity index (χ4v) is 2.80. The standard InChI is InChI=1S/C16H32N2O2/c1-6-7-12(2)17-13-8-10-14(11-9-13)18-15(19)20-16(3,4)5/h12-14,17H,6-11H2,1-5H3,(H,18,19). The Labute approximate surface area is 124 Å². The number of nitrogens with one attached hydrogen (secondary N) is 2. The van der Waals surface area contributed by atoms with E-state index in [4.69, 9.17) is 4.74 Å². The van der Waals surface area contributed by atoms with Gasteiger partial charge >= 0.3 is 6.09 Å². The number of hydrogen-bond acceptors (Lipinski definition) is 3. The summed E-state index contributed by atoms with van der Waals surface area (Å²) < 4.78 is 5.30. The van der Waals surface area contributed by atoms with Gasteiger partial charge in [-0.05, 0) is 59.8 Å². The Morgan fingerprint density at radius 3 is 2.25 bits per heavy atom. The van der Waals surface area contributed by atoms with Gasteiger partial charge < -0.3 is 15.4 Å². The minimum absolute atomic E-state index is 0.268. The van der Waals surface area contributed by atoms with Gasteiger partial charge in [-0.25, -0.2) is 4.79 Å². The number of alkyl carbamates (subject to hydrolysis) is 1. The lowest BCUT2D eigenvalue weighted by Crippen LogP contribution is -2.45. The Morgan fingerprint density at radius 2 is 1.75 bits per heavy atom. The zero-order valence-electron chi connectivity index (χ0n) is 13.8. The first kappa shape index (κ1) is 17.3. The van der Waals surface area contributed by atoms with Crippen molar-refractivity contribution < 1.29 is 9.53 Å². The predicted molar refractivity (Wildman–Crippen MR) is 82.9 cm³/mol. The summed E-state index contributed by atoms with van der Waals surface area (Å²) in [5.74, 6) is 0. The molecule has 4 nitrogen and oxygen atoms in total. The highest BCUT2D eigenvalue weighted by molar-refractivity contribution is 5.68. The number of hydrogen-bond donors (Lipinski definition) is 2. The van der Waals surface area contributed by atoms with Gasteiger partial charge in [-0.1, -0.05) is 13.3 Å². The highest BCUT2D eigenvalue weighted by atomic mass is 16.6. The van der Waals surface area contributed by atoms with Gasteiger partial charge in [-0.15, -0.1) is 0 Å². The van der Waals surface area contributed by atoms with E-state index >= 15 is 0 Å². The van der Waals surface area contributed by atoms with Crippen molar-refractivity contribution in [1.29, 1.82) is 0 Å². The van der Waals surface area contributed by atoms with E-state index in [2.05, 4.69) is 24.5 Å². The molecule has 1 unspecified atom stereocenters. The van der Waals surface area contributed by atoms with Gasteiger partial charge in [-0.3, -0.25) is 0 Å². The lowest BCUT2D eigenvalue weighted by atomic mass is 9.90. The van der Waals surface area contributed by atoms with E-state index in [0.717, 1.165) is 25.7 Å². The molecule has 20 heavy (non-hydrogen) atoms. The average molecular weight is 284 g/mol. The van der Waals surface area contributed by atoms with E-state index in [1.54, 1.807) is 0 Å². The smallest absolute Gasteiger partial charge is 0.407 e. The van der Waals surface area contributed by atoms with Crippen LogP contribution in [-0.4, -0.2) is 29.8 Å². The maximum atomic E-state index is 11.7. The van der Waals surface area contributed by atoms with Gasteiger partial charge in [0, 0.05) is 18.1 Å². The van der Waals surface area contributed by atoms with Gasteiger partial charge in [0.25, 0.3) is 0 Å². The second kappa shape index (κ2) is 7.87. The van der Waals surface area contributed by atoms with E-state index in [0.29, 0.717) is 12.1 Å². The Kier molecular flexibility index (Phi) is 6.80. The third-order valence-corrected chi connectivity index (χ3v) is 3.69. The quantitative estimate of drug-likeness (QED) is 0.811. The van der Waals surface area contributed by atoms with Crippen LogP contribution < -0.4 is 10.6 Å². The maximum Gasteiger partial charge on any atom is 0.407 e. The van der Waals surface area contributed by atoms with Crippen molar-refractivity contribution in [2.45, 2.75) is 96.9 Å². The topological polar surface area (TPSA) is 50.4 Å². The molecule has 0 spiro atoms. The molecule has 1 atom stereocenters. The van der Waals surface area contributed by atoms with Crippen LogP contribution in [0.25, 0.3) is 0 Å². The summed E-state index contributed by atoms with van der Waals surface area (Å²) in [6.45, 7) is 10.2. The van der Waals surface area contributed by atoms with Crippen molar-refractivity contribution in [1.82, 2.24) is 10.6 Å². The normalized spacial score (nSPS) is 25.1. The van der Waals surface area contributed by atoms with Crippen molar-refractivity contribution in [2.24, 2.45) is 0 Å². The maximum absolute atomic E-state index is 11.7. The molecule has 0 heterocycles. The molecule has 1 fully saturated rings. The average Bonchev–Trinajstić information content (AvgIpc) is 2.29. The van der Waals surface area contributed by atoms with Crippen molar-refractivity contribution in [3.05, 3.63) is 0 Å². The van der Waals surface area contributed by atoms with Crippen LogP contribution in [0.2, 0.25) is 0 Å². The summed E-state index contributed by atoms with van der Waals surface area (Å²) in [7, 11) is 0. The summed E-state index contributed by atoms with van der Waals surface area (Å²) in [5, 5.41) is 6.67. The molecule has 4 heteroatoms. The molecule has 1 amide bonds. The van der Waals surface area contributed by atoms with Crippen molar-refractivity contribution in [3.63, 3.8) is 0 Å². The fraction of sp³-hybridized carbons (Fsp3) is 0.938. The van der Waals surface area contributed by atoms with Gasteiger partial charge in [0.05, 0.1) is 0 Å². The number of amides is 1. The lowest BCUT2D eigenvalue weighted by molar-refractivity contribution is 0.0489. The summed E-state index contributed by atoms with van der Waals surface area (Å²) >= 11 is 0. The number of carbonyl (C=O) groups is 1. The van der Waals surface area contributed by atoms with Crippen LogP contribution in [0.3, 0.4) is 0 Å². The molecule has 0 aromatic rings. The largest absolute Gasteiger partial charge is 0.444 e. The van der Waals surface area contributed by atoms with Gasteiger partial charge in [0.2, 0.25) is 0 Å². The minimum Gasteiger partial charge on any atom is -0.444 e. The molecule has 0 aromatic carbocycles. The van der Waals surface area contributed by atoms with Crippen molar-refractivity contribution in [2.75, 3.05) is 0 Å². The van der Waals surface area contributed by atoms with E-state index in [9.17, 15) is 4.79 Å². The number of ether oxygens (including phenoxy) is 1. The highest BCUT2D eigenvalue weighted by Crippen LogP contribution is 2.20. The van der Waals surface area contributed by atoms with Crippen LogP contribution in [0.15, 0.2) is 0 Å². The molecule has 0 aliphatic heterocycles. The summed E-state index contributed by atoms with van der Waals surface area (Å²) in [5.41, 5.74) is -0.418. The summed E-state index contributed by atoms with van der Waals surface area (Å²) in [6.07, 6.45) is 6.52. The Morgan fingerprint density at radius 1 is 1.20 bits per heavy atom. The molecule has 2 N–H and O–H groups in total. The van der Waals surface area contributed by atoms with E-state index in [-0.39, 0.29) is 12.1 Å². The van der Waals surface area contributed by atoms with Crippen LogP contribution >= 0.6 is 0 Å². The molecule has 1 saturated carbocycles. The van der Waals surface area contributed by atoms with Gasteiger partial charge in [0.1, 0.15) is 5.60 Å². The first-order valence-electron chi connectivity index (χ1n) is 8.05. The molecule has 1 aliphatic rings. The van der Waals surface area contributed by atoms with E-state index in [1.807, 2.05) is 20.8 Å². The third kappa shape index (κ3) is 7.13. The molecular weight excluding hydrogens is 252 g/mol. The van der Waals surface area contributed by atoms with Gasteiger partial charge in [0.15, 0.2) is 0 Å². The fourth-order valence-electron chi connectivity index (χ4n) is 2.80. The first-order valence-corrected chi connectivity index (χ1v) is 8.05. The molecule has 0 saturated heterocycles. The van der Waals surface area contributed by atoms with Crippen LogP contribution in [0, 0.1) is 0 Å². The Bertz CT molecular complexity index is 291. The molecule has 0 bridgehead atoms. The molecule has 1 rings (SSSR count). The molecule has 0 aromatic heterocycles. The SMILES string of the molecule is CCCC(C)NC1CCC(NC(=O)OC(C)(C)C)CC1. The predicted octanol–water partition coefficient (Wildman–Crippen LogP) is 3.60. The van der Waals surface area contributed by atoms with Crippen molar-refractivity contribution in [3.8, 4) is 0 Å². The zero-order valence-corrected chi connectivity index (χ0v) is 13.8. The minimum atomic E-state index is -0.418. The summed E-state index contributed by atoms with van der Waals surface area (Å²) in [6, 6.07) is 1.47. The van der Waals surface area contributed by atoms with Crippen LogP contribution in [0.5, 0.6) is 0 Å². The summed E-state index contributed by atoms with van der Waals surface area (Å²) in [4.78, 5) is 11.7. The van der Waals surface area contributed by atoms with E-state index < -0.39 is 5.60 Å². The van der Waals surface area contributed by atoms with Gasteiger partial charge in [-0.2, -0.15) is 0 Å². The van der Waals surface area contributed by atoms with Crippen LogP contribution in [0.1, 0.15) is 73.1 Å². The van der Waals surface area contributed by atoms with Crippen molar-refractivity contribution >= 4 is 6.09 Å². The van der Waals surface area contributed by atoms with Crippen LogP contribution in [0.4, 0.5) is 4.79 Å². The monoisotopic (exact) mass is 284 g/mol. The molecule has 1 aliphatic carbocycles. The number of carbonyl (C=O) groups excluding carboxylic acids is 1. The highest BCUT2D eigenvalue weighted by Gasteiger charge is 2.25. The Hall–Kier alpha value is -0.770. The number of rotatable bonds is 5. The lowest BCUT2D eigenvalue weighted by Gasteiger charge is -2.32. The molecular formula is C16H32N2O2.